The van der Waals surface area contributed by atoms with Gasteiger partial charge in [-0.15, -0.1) is 0 Å². The minimum absolute atomic E-state index is 0.0141. The minimum atomic E-state index is -3.04. The lowest BCUT2D eigenvalue weighted by atomic mass is 9.76. The molecule has 4 heteroatoms. The Morgan fingerprint density at radius 3 is 2.35 bits per heavy atom. The zero-order chi connectivity index (χ0) is 12.0. The quantitative estimate of drug-likeness (QED) is 0.707. The van der Waals surface area contributed by atoms with Gasteiger partial charge in [-0.1, -0.05) is 24.3 Å². The van der Waals surface area contributed by atoms with Gasteiger partial charge in [-0.3, -0.25) is 0 Å². The predicted molar refractivity (Wildman–Crippen MR) is 63.3 cm³/mol. The van der Waals surface area contributed by atoms with Crippen LogP contribution in [0, 0.1) is 5.92 Å². The van der Waals surface area contributed by atoms with Crippen molar-refractivity contribution in [1.82, 2.24) is 0 Å². The molecule has 3 nitrogen and oxygen atoms in total. The molecule has 3 heterocycles. The molecule has 4 rings (SSSR count). The summed E-state index contributed by atoms with van der Waals surface area (Å²) in [5, 5.41) is -0.308. The number of rotatable bonds is 0. The molecule has 3 aliphatic rings. The van der Waals surface area contributed by atoms with Crippen LogP contribution in [0.25, 0.3) is 0 Å². The summed E-state index contributed by atoms with van der Waals surface area (Å²) in [6.45, 7) is 3.66. The van der Waals surface area contributed by atoms with Crippen LogP contribution in [0.5, 0.6) is 0 Å². The van der Waals surface area contributed by atoms with E-state index in [2.05, 4.69) is 6.07 Å². The molecular weight excluding hydrogens is 236 g/mol. The first-order chi connectivity index (χ1) is 7.96. The van der Waals surface area contributed by atoms with Crippen LogP contribution in [0.3, 0.4) is 0 Å². The summed E-state index contributed by atoms with van der Waals surface area (Å²) in [5.74, 6) is 0.132. The van der Waals surface area contributed by atoms with Crippen molar-refractivity contribution in [1.29, 1.82) is 0 Å². The van der Waals surface area contributed by atoms with E-state index in [0.717, 1.165) is 5.56 Å². The van der Waals surface area contributed by atoms with E-state index >= 15 is 0 Å². The van der Waals surface area contributed by atoms with Crippen LogP contribution in [-0.4, -0.2) is 18.4 Å². The maximum absolute atomic E-state index is 12.3. The van der Waals surface area contributed by atoms with Gasteiger partial charge in [0.25, 0.3) is 0 Å². The van der Waals surface area contributed by atoms with Crippen molar-refractivity contribution in [2.24, 2.45) is 5.92 Å². The first-order valence-electron chi connectivity index (χ1n) is 5.94. The maximum atomic E-state index is 12.3. The fraction of sp³-hybridized carbons (Fsp3) is 0.538. The van der Waals surface area contributed by atoms with E-state index in [1.165, 1.54) is 5.56 Å². The molecule has 0 N–H and O–H groups in total. The zero-order valence-electron chi connectivity index (χ0n) is 9.75. The van der Waals surface area contributed by atoms with Gasteiger partial charge in [-0.2, -0.15) is 0 Å². The molecule has 0 radical (unpaired) electrons. The van der Waals surface area contributed by atoms with Crippen molar-refractivity contribution in [3.8, 4) is 0 Å². The average molecular weight is 250 g/mol. The van der Waals surface area contributed by atoms with E-state index in [1.54, 1.807) is 0 Å². The smallest absolute Gasteiger partial charge is 0.162 e. The molecule has 0 spiro atoms. The van der Waals surface area contributed by atoms with E-state index in [4.69, 9.17) is 4.74 Å². The molecule has 2 fully saturated rings. The minimum Gasteiger partial charge on any atom is -0.364 e. The number of hydrogen-bond donors (Lipinski definition) is 0. The van der Waals surface area contributed by atoms with Crippen LogP contribution >= 0.6 is 0 Å². The normalized spacial score (nSPS) is 42.7. The second-order valence-electron chi connectivity index (χ2n) is 5.75. The van der Waals surface area contributed by atoms with E-state index in [0.29, 0.717) is 0 Å². The number of ether oxygens (including phenoxy) is 1. The number of hydrogen-bond acceptors (Lipinski definition) is 3. The van der Waals surface area contributed by atoms with Crippen LogP contribution in [-0.2, 0) is 14.6 Å². The first kappa shape index (κ1) is 10.1. The molecule has 1 aromatic carbocycles. The molecule has 17 heavy (non-hydrogen) atoms. The van der Waals surface area contributed by atoms with E-state index in [1.807, 2.05) is 32.0 Å². The third kappa shape index (κ3) is 0.858. The molecule has 2 saturated heterocycles. The highest BCUT2D eigenvalue weighted by Gasteiger charge is 2.73. The first-order valence-corrected chi connectivity index (χ1v) is 7.48. The lowest BCUT2D eigenvalue weighted by molar-refractivity contribution is 0.0582. The van der Waals surface area contributed by atoms with Gasteiger partial charge in [-0.05, 0) is 25.0 Å². The lowest BCUT2D eigenvalue weighted by Crippen LogP contribution is -2.63. The predicted octanol–water partition coefficient (Wildman–Crippen LogP) is 2.00. The summed E-state index contributed by atoms with van der Waals surface area (Å²) in [5.41, 5.74) is 2.28. The monoisotopic (exact) mass is 250 g/mol. The van der Waals surface area contributed by atoms with Crippen molar-refractivity contribution in [2.45, 2.75) is 36.1 Å². The largest absolute Gasteiger partial charge is 0.364 e. The molecule has 0 unspecified atom stereocenters. The van der Waals surface area contributed by atoms with Crippen molar-refractivity contribution in [2.75, 3.05) is 0 Å². The Hall–Kier alpha value is -0.870. The van der Waals surface area contributed by atoms with Gasteiger partial charge in [0.15, 0.2) is 9.84 Å². The van der Waals surface area contributed by atoms with Crippen LogP contribution < -0.4 is 0 Å². The number of benzene rings is 1. The second-order valence-corrected chi connectivity index (χ2v) is 8.43. The van der Waals surface area contributed by atoms with Gasteiger partial charge in [0.05, 0.1) is 16.1 Å². The number of fused-ring (bicyclic) bond motifs is 8. The molecule has 4 atom stereocenters. The van der Waals surface area contributed by atoms with Crippen LogP contribution in [0.2, 0.25) is 0 Å². The standard InChI is InChI=1S/C13H14O3S/c1-13(2)9-10-7-5-3-4-6-8(7)11(16-10)12(9)17(13,14)15/h3-6,9-12H,1-2H3/t9-,10+,11+,12+/m1/s1. The Morgan fingerprint density at radius 1 is 1.12 bits per heavy atom. The molecule has 90 valence electrons. The van der Waals surface area contributed by atoms with Gasteiger partial charge in [0.2, 0.25) is 0 Å². The molecule has 1 aromatic rings. The van der Waals surface area contributed by atoms with Gasteiger partial charge in [0, 0.05) is 5.92 Å². The summed E-state index contributed by atoms with van der Waals surface area (Å²) >= 11 is 0. The van der Waals surface area contributed by atoms with Gasteiger partial charge in [-0.25, -0.2) is 8.42 Å². The summed E-state index contributed by atoms with van der Waals surface area (Å²) < 4.78 is 29.8. The molecule has 0 aromatic heterocycles. The maximum Gasteiger partial charge on any atom is 0.162 e. The van der Waals surface area contributed by atoms with Crippen LogP contribution in [0.15, 0.2) is 24.3 Å². The number of sulfone groups is 1. The Bertz CT molecular complexity index is 617. The second kappa shape index (κ2) is 2.59. The average Bonchev–Trinajstić information content (AvgIpc) is 2.84. The van der Waals surface area contributed by atoms with Crippen LogP contribution in [0.1, 0.15) is 37.2 Å². The fourth-order valence-corrected chi connectivity index (χ4v) is 6.34. The third-order valence-corrected chi connectivity index (χ3v) is 7.77. The summed E-state index contributed by atoms with van der Waals surface area (Å²) in [6.07, 6.45) is -0.237. The summed E-state index contributed by atoms with van der Waals surface area (Å²) in [7, 11) is -3.04. The molecular formula is C13H14O3S. The SMILES string of the molecule is CC1(C)[C@H]2[C@@H]([C@H]3O[C@H]2c2ccccc23)S1(=O)=O. The molecule has 3 aliphatic heterocycles. The van der Waals surface area contributed by atoms with Crippen LogP contribution in [0.4, 0.5) is 0 Å². The topological polar surface area (TPSA) is 43.4 Å². The third-order valence-electron chi connectivity index (χ3n) is 4.78. The van der Waals surface area contributed by atoms with Crippen molar-refractivity contribution < 1.29 is 13.2 Å². The zero-order valence-corrected chi connectivity index (χ0v) is 10.6. The highest BCUT2D eigenvalue weighted by Crippen LogP contribution is 2.67. The van der Waals surface area contributed by atoms with E-state index < -0.39 is 14.6 Å². The highest BCUT2D eigenvalue weighted by atomic mass is 32.2. The molecule has 0 amide bonds. The summed E-state index contributed by atoms with van der Waals surface area (Å²) in [4.78, 5) is 0. The van der Waals surface area contributed by atoms with Crippen molar-refractivity contribution in [3.05, 3.63) is 35.4 Å². The Morgan fingerprint density at radius 2 is 1.71 bits per heavy atom. The molecule has 0 aliphatic carbocycles. The van der Waals surface area contributed by atoms with E-state index in [-0.39, 0.29) is 23.4 Å². The Balaban J connectivity index is 1.94. The summed E-state index contributed by atoms with van der Waals surface area (Å²) in [6, 6.07) is 8.01. The molecule has 0 saturated carbocycles. The van der Waals surface area contributed by atoms with Gasteiger partial charge < -0.3 is 4.74 Å². The van der Waals surface area contributed by atoms with Crippen molar-refractivity contribution >= 4 is 9.84 Å². The van der Waals surface area contributed by atoms with Crippen molar-refractivity contribution in [3.63, 3.8) is 0 Å². The van der Waals surface area contributed by atoms with Gasteiger partial charge in [0.1, 0.15) is 6.10 Å². The molecule has 2 bridgehead atoms. The lowest BCUT2D eigenvalue weighted by Gasteiger charge is -2.50. The van der Waals surface area contributed by atoms with E-state index in [9.17, 15) is 8.42 Å². The van der Waals surface area contributed by atoms with Gasteiger partial charge >= 0.3 is 0 Å². The fourth-order valence-electron chi connectivity index (χ4n) is 3.81. The Kier molecular flexibility index (Phi) is 1.54. The Labute approximate surface area is 101 Å². The highest BCUT2D eigenvalue weighted by molar-refractivity contribution is 7.95.